The maximum Gasteiger partial charge on any atom is 0.427 e. The van der Waals surface area contributed by atoms with Crippen molar-refractivity contribution >= 4 is 51.0 Å². The number of nitrogens with zero attached hydrogens (tertiary/aromatic N) is 2. The van der Waals surface area contributed by atoms with E-state index in [1.54, 1.807) is 53.7 Å². The highest BCUT2D eigenvalue weighted by Gasteiger charge is 2.38. The van der Waals surface area contributed by atoms with E-state index in [1.807, 2.05) is 13.8 Å². The summed E-state index contributed by atoms with van der Waals surface area (Å²) in [5.41, 5.74) is -1.87. The second-order valence-corrected chi connectivity index (χ2v) is 11.1. The number of amides is 3. The minimum absolute atomic E-state index is 0.0902. The molecule has 3 amide bonds. The molecule has 2 aromatic rings. The molecule has 10 heteroatoms. The van der Waals surface area contributed by atoms with Gasteiger partial charge in [0.15, 0.2) is 0 Å². The molecule has 0 aliphatic rings. The van der Waals surface area contributed by atoms with Crippen molar-refractivity contribution in [2.75, 3.05) is 6.61 Å². The monoisotopic (exact) mass is 538 g/mol. The third-order valence-electron chi connectivity index (χ3n) is 4.07. The van der Waals surface area contributed by atoms with Crippen LogP contribution in [0.1, 0.15) is 65.7 Å². The van der Waals surface area contributed by atoms with Crippen molar-refractivity contribution in [2.45, 2.75) is 66.6 Å². The number of benzene rings is 1. The van der Waals surface area contributed by atoms with Crippen LogP contribution in [0.4, 0.5) is 14.4 Å². The molecule has 186 valence electrons. The molecule has 0 bridgehead atoms. The van der Waals surface area contributed by atoms with Gasteiger partial charge in [-0.1, -0.05) is 29.8 Å². The van der Waals surface area contributed by atoms with Gasteiger partial charge in [-0.3, -0.25) is 9.36 Å². The number of carbonyl (C=O) groups is 4. The molecule has 0 radical (unpaired) electrons. The van der Waals surface area contributed by atoms with Crippen LogP contribution in [0.2, 0.25) is 0 Å². The molecule has 0 N–H and O–H groups in total. The van der Waals surface area contributed by atoms with E-state index in [1.165, 1.54) is 16.8 Å². The Labute approximate surface area is 207 Å². The predicted molar refractivity (Wildman–Crippen MR) is 130 cm³/mol. The molecule has 9 nitrogen and oxygen atoms in total. The summed E-state index contributed by atoms with van der Waals surface area (Å²) >= 11 is 3.34. The highest BCUT2D eigenvalue weighted by Crippen LogP contribution is 2.28. The van der Waals surface area contributed by atoms with Crippen molar-refractivity contribution in [3.05, 3.63) is 34.4 Å². The van der Waals surface area contributed by atoms with Crippen molar-refractivity contribution in [1.82, 2.24) is 9.47 Å². The smallest absolute Gasteiger partial charge is 0.427 e. The third-order valence-corrected chi connectivity index (χ3v) is 4.53. The standard InChI is InChI=1S/C24H31BrN2O7/c1-14(2)13-32-20(29)26-10-9-15-11-16(25)12-17(18(15)26)19(28)27(21(30)33-23(3,4)5)22(31)34-24(6,7)8/h9-12,14H,13H2,1-8H3. The first-order chi connectivity index (χ1) is 15.5. The lowest BCUT2D eigenvalue weighted by atomic mass is 10.1. The number of rotatable bonds is 3. The number of ether oxygens (including phenoxy) is 3. The van der Waals surface area contributed by atoms with Gasteiger partial charge in [0.25, 0.3) is 5.91 Å². The Morgan fingerprint density at radius 3 is 1.97 bits per heavy atom. The van der Waals surface area contributed by atoms with E-state index in [-0.39, 0.29) is 23.6 Å². The van der Waals surface area contributed by atoms with Gasteiger partial charge < -0.3 is 14.2 Å². The molecule has 0 aliphatic heterocycles. The Bertz CT molecular complexity index is 1080. The fourth-order valence-electron chi connectivity index (χ4n) is 2.84. The normalized spacial score (nSPS) is 11.9. The van der Waals surface area contributed by atoms with Gasteiger partial charge in [-0.2, -0.15) is 0 Å². The Morgan fingerprint density at radius 1 is 0.971 bits per heavy atom. The second-order valence-electron chi connectivity index (χ2n) is 10.1. The van der Waals surface area contributed by atoms with Crippen molar-refractivity contribution in [3.63, 3.8) is 0 Å². The van der Waals surface area contributed by atoms with Gasteiger partial charge in [-0.05, 0) is 65.7 Å². The average molecular weight is 539 g/mol. The fourth-order valence-corrected chi connectivity index (χ4v) is 3.32. The van der Waals surface area contributed by atoms with Crippen LogP contribution in [0.25, 0.3) is 10.9 Å². The van der Waals surface area contributed by atoms with E-state index in [0.29, 0.717) is 14.8 Å². The molecular formula is C24H31BrN2O7. The zero-order chi connectivity index (χ0) is 26.0. The van der Waals surface area contributed by atoms with E-state index < -0.39 is 35.4 Å². The van der Waals surface area contributed by atoms with Crippen molar-refractivity contribution in [1.29, 1.82) is 0 Å². The Hall–Kier alpha value is -2.88. The van der Waals surface area contributed by atoms with Crippen LogP contribution in [0, 0.1) is 5.92 Å². The van der Waals surface area contributed by atoms with E-state index in [9.17, 15) is 19.2 Å². The predicted octanol–water partition coefficient (Wildman–Crippen LogP) is 6.36. The van der Waals surface area contributed by atoms with Gasteiger partial charge in [0.1, 0.15) is 11.2 Å². The van der Waals surface area contributed by atoms with Gasteiger partial charge in [-0.25, -0.2) is 14.4 Å². The molecule has 0 aliphatic carbocycles. The summed E-state index contributed by atoms with van der Waals surface area (Å²) in [6, 6.07) is 4.74. The lowest BCUT2D eigenvalue weighted by Crippen LogP contribution is -2.47. The largest absolute Gasteiger partial charge is 0.449 e. The highest BCUT2D eigenvalue weighted by molar-refractivity contribution is 9.10. The van der Waals surface area contributed by atoms with Crippen LogP contribution in [-0.2, 0) is 14.2 Å². The van der Waals surface area contributed by atoms with Gasteiger partial charge >= 0.3 is 18.3 Å². The molecule has 0 atom stereocenters. The number of fused-ring (bicyclic) bond motifs is 1. The molecule has 0 saturated heterocycles. The van der Waals surface area contributed by atoms with Gasteiger partial charge in [0.2, 0.25) is 0 Å². The Morgan fingerprint density at radius 2 is 1.50 bits per heavy atom. The van der Waals surface area contributed by atoms with E-state index in [2.05, 4.69) is 15.9 Å². The van der Waals surface area contributed by atoms with Crippen LogP contribution in [0.3, 0.4) is 0 Å². The van der Waals surface area contributed by atoms with Crippen molar-refractivity contribution in [3.8, 4) is 0 Å². The van der Waals surface area contributed by atoms with Crippen molar-refractivity contribution < 1.29 is 33.4 Å². The topological polar surface area (TPSA) is 104 Å². The molecule has 0 fully saturated rings. The summed E-state index contributed by atoms with van der Waals surface area (Å²) < 4.78 is 17.6. The summed E-state index contributed by atoms with van der Waals surface area (Å²) in [5.74, 6) is -0.901. The molecular weight excluding hydrogens is 508 g/mol. The zero-order valence-electron chi connectivity index (χ0n) is 20.7. The zero-order valence-corrected chi connectivity index (χ0v) is 22.3. The molecule has 0 saturated carbocycles. The SMILES string of the molecule is CC(C)COC(=O)n1ccc2cc(Br)cc(C(=O)N(C(=O)OC(C)(C)C)C(=O)OC(C)(C)C)c21. The number of imide groups is 3. The van der Waals surface area contributed by atoms with Gasteiger partial charge in [-0.15, -0.1) is 4.90 Å². The minimum Gasteiger partial charge on any atom is -0.449 e. The number of aromatic nitrogens is 1. The molecule has 1 aromatic heterocycles. The summed E-state index contributed by atoms with van der Waals surface area (Å²) in [6.07, 6.45) is -1.62. The first-order valence-corrected chi connectivity index (χ1v) is 11.6. The summed E-state index contributed by atoms with van der Waals surface area (Å²) in [7, 11) is 0. The van der Waals surface area contributed by atoms with Gasteiger partial charge in [0.05, 0.1) is 17.7 Å². The lowest BCUT2D eigenvalue weighted by Gasteiger charge is -2.27. The molecule has 0 unspecified atom stereocenters. The molecule has 2 rings (SSSR count). The molecule has 0 spiro atoms. The van der Waals surface area contributed by atoms with E-state index in [4.69, 9.17) is 14.2 Å². The number of hydrogen-bond acceptors (Lipinski definition) is 7. The Balaban J connectivity index is 2.63. The molecule has 34 heavy (non-hydrogen) atoms. The summed E-state index contributed by atoms with van der Waals surface area (Å²) in [6.45, 7) is 13.6. The quantitative estimate of drug-likeness (QED) is 0.418. The first-order valence-electron chi connectivity index (χ1n) is 10.8. The van der Waals surface area contributed by atoms with E-state index >= 15 is 0 Å². The number of halogens is 1. The molecule has 1 aromatic carbocycles. The van der Waals surface area contributed by atoms with Gasteiger partial charge in [0, 0.05) is 16.1 Å². The van der Waals surface area contributed by atoms with Crippen LogP contribution < -0.4 is 0 Å². The lowest BCUT2D eigenvalue weighted by molar-refractivity contribution is 0.00402. The molecule has 1 heterocycles. The maximum atomic E-state index is 13.6. The average Bonchev–Trinajstić information content (AvgIpc) is 3.06. The van der Waals surface area contributed by atoms with Crippen molar-refractivity contribution in [2.24, 2.45) is 5.92 Å². The van der Waals surface area contributed by atoms with Crippen LogP contribution in [0.5, 0.6) is 0 Å². The summed E-state index contributed by atoms with van der Waals surface area (Å²) in [5, 5.41) is 0.521. The maximum absolute atomic E-state index is 13.6. The summed E-state index contributed by atoms with van der Waals surface area (Å²) in [4.78, 5) is 52.5. The van der Waals surface area contributed by atoms with Crippen LogP contribution in [0.15, 0.2) is 28.9 Å². The first kappa shape index (κ1) is 27.4. The number of hydrogen-bond donors (Lipinski definition) is 0. The number of carbonyl (C=O) groups excluding carboxylic acids is 4. The van der Waals surface area contributed by atoms with Crippen LogP contribution in [-0.4, -0.2) is 51.5 Å². The second kappa shape index (κ2) is 10.2. The highest BCUT2D eigenvalue weighted by atomic mass is 79.9. The minimum atomic E-state index is -1.19. The van der Waals surface area contributed by atoms with Crippen LogP contribution >= 0.6 is 15.9 Å². The fraction of sp³-hybridized carbons (Fsp3) is 0.500. The third kappa shape index (κ3) is 7.06. The Kier molecular flexibility index (Phi) is 8.18. The van der Waals surface area contributed by atoms with E-state index in [0.717, 1.165) is 0 Å².